The summed E-state index contributed by atoms with van der Waals surface area (Å²) in [6, 6.07) is 7.79. The molecule has 32 heavy (non-hydrogen) atoms. The van der Waals surface area contributed by atoms with Crippen LogP contribution in [-0.4, -0.2) is 46.8 Å². The molecule has 170 valence electrons. The summed E-state index contributed by atoms with van der Waals surface area (Å²) in [5, 5.41) is 0. The lowest BCUT2D eigenvalue weighted by molar-refractivity contribution is 0.157. The van der Waals surface area contributed by atoms with E-state index in [0.717, 1.165) is 34.5 Å². The van der Waals surface area contributed by atoms with Crippen molar-refractivity contribution < 1.29 is 9.15 Å². The van der Waals surface area contributed by atoms with Gasteiger partial charge in [-0.25, -0.2) is 9.98 Å². The average Bonchev–Trinajstić information content (AvgIpc) is 3.24. The lowest BCUT2D eigenvalue weighted by Gasteiger charge is -2.08. The van der Waals surface area contributed by atoms with E-state index in [0.29, 0.717) is 25.0 Å². The molecular weight excluding hydrogens is 402 g/mol. The monoisotopic (exact) mass is 435 g/mol. The van der Waals surface area contributed by atoms with Crippen LogP contribution in [0.2, 0.25) is 0 Å². The van der Waals surface area contributed by atoms with E-state index in [9.17, 15) is 0 Å². The molecule has 3 heterocycles. The van der Waals surface area contributed by atoms with Gasteiger partial charge in [0.05, 0.1) is 24.5 Å². The predicted molar refractivity (Wildman–Crippen MR) is 130 cm³/mol. The normalized spacial score (nSPS) is 11.4. The Hall–Kier alpha value is -3.32. The van der Waals surface area contributed by atoms with Crippen LogP contribution in [-0.2, 0) is 17.8 Å². The van der Waals surface area contributed by atoms with Crippen LogP contribution >= 0.6 is 0 Å². The summed E-state index contributed by atoms with van der Waals surface area (Å²) in [4.78, 5) is 19.5. The van der Waals surface area contributed by atoms with Crippen molar-refractivity contribution in [3.63, 3.8) is 0 Å². The lowest BCUT2D eigenvalue weighted by atomic mass is 10.1. The third-order valence-electron chi connectivity index (χ3n) is 4.30. The Morgan fingerprint density at radius 3 is 2.62 bits per heavy atom. The molecule has 0 unspecified atom stereocenters. The number of hydrogen-bond donors (Lipinski definition) is 0. The van der Waals surface area contributed by atoms with Gasteiger partial charge in [0.15, 0.2) is 0 Å². The molecule has 0 saturated carbocycles. The third kappa shape index (κ3) is 7.42. The van der Waals surface area contributed by atoms with E-state index < -0.39 is 0 Å². The zero-order valence-corrected chi connectivity index (χ0v) is 19.9. The molecule has 0 amide bonds. The Morgan fingerprint density at radius 2 is 2.00 bits per heavy atom. The zero-order chi connectivity index (χ0) is 23.3. The van der Waals surface area contributed by atoms with Crippen molar-refractivity contribution in [2.75, 3.05) is 20.7 Å². The molecule has 0 N–H and O–H groups in total. The highest BCUT2D eigenvalue weighted by atomic mass is 16.5. The lowest BCUT2D eigenvalue weighted by Crippen LogP contribution is -2.02. The average molecular weight is 436 g/mol. The van der Waals surface area contributed by atoms with Crippen LogP contribution in [0.15, 0.2) is 58.5 Å². The van der Waals surface area contributed by atoms with Crippen molar-refractivity contribution in [1.82, 2.24) is 19.9 Å². The second kappa shape index (κ2) is 13.2. The van der Waals surface area contributed by atoms with Gasteiger partial charge >= 0.3 is 0 Å². The summed E-state index contributed by atoms with van der Waals surface area (Å²) in [6.45, 7) is 8.86. The van der Waals surface area contributed by atoms with Crippen LogP contribution in [0, 0.1) is 0 Å². The first kappa shape index (κ1) is 24.9. The second-order valence-corrected chi connectivity index (χ2v) is 7.01. The minimum atomic E-state index is 0.356. The van der Waals surface area contributed by atoms with E-state index in [1.54, 1.807) is 18.6 Å². The number of aryl methyl sites for hydroxylation is 1. The van der Waals surface area contributed by atoms with E-state index in [1.807, 2.05) is 64.2 Å². The zero-order valence-electron chi connectivity index (χ0n) is 19.9. The Kier molecular flexibility index (Phi) is 10.3. The largest absolute Gasteiger partial charge is 0.418 e. The van der Waals surface area contributed by atoms with Crippen LogP contribution in [0.4, 0.5) is 5.88 Å². The van der Waals surface area contributed by atoms with Crippen LogP contribution in [0.25, 0.3) is 17.0 Å². The van der Waals surface area contributed by atoms with Gasteiger partial charge in [-0.1, -0.05) is 26.8 Å². The van der Waals surface area contributed by atoms with Crippen molar-refractivity contribution in [2.45, 2.75) is 40.7 Å². The molecule has 0 aliphatic carbocycles. The van der Waals surface area contributed by atoms with Crippen molar-refractivity contribution in [3.05, 3.63) is 66.0 Å². The van der Waals surface area contributed by atoms with Crippen LogP contribution in [0.1, 0.15) is 44.6 Å². The van der Waals surface area contributed by atoms with E-state index in [1.165, 1.54) is 0 Å². The molecule has 3 aromatic heterocycles. The van der Waals surface area contributed by atoms with Gasteiger partial charge in [0, 0.05) is 45.1 Å². The Bertz CT molecular complexity index is 993. The van der Waals surface area contributed by atoms with Gasteiger partial charge in [-0.2, -0.15) is 0 Å². The molecule has 7 heteroatoms. The highest BCUT2D eigenvalue weighted by Crippen LogP contribution is 2.27. The molecule has 7 nitrogen and oxygen atoms in total. The molecule has 0 atom stereocenters. The maximum atomic E-state index is 5.79. The van der Waals surface area contributed by atoms with E-state index in [4.69, 9.17) is 9.15 Å². The molecule has 0 aliphatic heterocycles. The van der Waals surface area contributed by atoms with E-state index in [-0.39, 0.29) is 0 Å². The number of ether oxygens (including phenoxy) is 1. The van der Waals surface area contributed by atoms with Gasteiger partial charge < -0.3 is 14.1 Å². The topological polar surface area (TPSA) is 76.6 Å². The molecule has 0 radical (unpaired) electrons. The summed E-state index contributed by atoms with van der Waals surface area (Å²) in [6.07, 6.45) is 9.79. The molecule has 0 spiro atoms. The van der Waals surface area contributed by atoms with Crippen molar-refractivity contribution in [2.24, 2.45) is 4.99 Å². The number of aliphatic imine (C=N–C) groups is 1. The number of oxazole rings is 1. The second-order valence-electron chi connectivity index (χ2n) is 7.01. The number of rotatable bonds is 9. The summed E-state index contributed by atoms with van der Waals surface area (Å²) < 4.78 is 11.5. The fourth-order valence-electron chi connectivity index (χ4n) is 2.83. The van der Waals surface area contributed by atoms with Crippen molar-refractivity contribution in [1.29, 1.82) is 0 Å². The summed E-state index contributed by atoms with van der Waals surface area (Å²) in [5.74, 6) is 1.03. The molecule has 0 fully saturated rings. The predicted octanol–water partition coefficient (Wildman–Crippen LogP) is 5.56. The van der Waals surface area contributed by atoms with Crippen LogP contribution in [0.5, 0.6) is 0 Å². The number of nitrogens with zero attached hydrogens (tertiary/aromatic N) is 5. The highest BCUT2D eigenvalue weighted by Gasteiger charge is 2.12. The van der Waals surface area contributed by atoms with Gasteiger partial charge in [-0.05, 0) is 42.7 Å². The first-order valence-corrected chi connectivity index (χ1v) is 10.9. The molecule has 3 rings (SSSR count). The van der Waals surface area contributed by atoms with Gasteiger partial charge in [-0.15, -0.1) is 0 Å². The summed E-state index contributed by atoms with van der Waals surface area (Å²) in [5.41, 5.74) is 4.77. The SMILES string of the molecule is CC.CCc1nc(-c2cccnc2)oc1/N=C\COCc1ccc(/C(C)=C/N(C)C)cn1. The highest BCUT2D eigenvalue weighted by molar-refractivity contribution is 5.64. The molecular formula is C25H33N5O2. The first-order chi connectivity index (χ1) is 15.6. The van der Waals surface area contributed by atoms with Gasteiger partial charge in [0.25, 0.3) is 0 Å². The van der Waals surface area contributed by atoms with Crippen molar-refractivity contribution in [3.8, 4) is 11.5 Å². The number of allylic oxidation sites excluding steroid dienone is 1. The molecule has 0 aliphatic rings. The number of hydrogen-bond acceptors (Lipinski definition) is 7. The summed E-state index contributed by atoms with van der Waals surface area (Å²) >= 11 is 0. The first-order valence-electron chi connectivity index (χ1n) is 10.9. The minimum Gasteiger partial charge on any atom is -0.418 e. The Balaban J connectivity index is 0.00000176. The van der Waals surface area contributed by atoms with Crippen molar-refractivity contribution >= 4 is 17.7 Å². The fourth-order valence-corrected chi connectivity index (χ4v) is 2.83. The van der Waals surface area contributed by atoms with E-state index >= 15 is 0 Å². The smallest absolute Gasteiger partial charge is 0.242 e. The standard InChI is InChI=1S/C23H27N5O2.C2H6/c1-5-21-23(30-22(27-21)19-7-6-10-24-13-19)25-11-12-29-16-20-9-8-18(14-26-20)17(2)15-28(3)4;1-2/h6-11,13-15H,5,12,16H2,1-4H3;1-2H3/b17-15+,25-11-;. The fraction of sp³-hybridized carbons (Fsp3) is 0.360. The molecule has 0 aromatic carbocycles. The maximum absolute atomic E-state index is 5.79. The molecule has 0 saturated heterocycles. The number of aromatic nitrogens is 3. The van der Waals surface area contributed by atoms with Gasteiger partial charge in [0.2, 0.25) is 11.8 Å². The quantitative estimate of drug-likeness (QED) is 0.323. The molecule has 0 bridgehead atoms. The van der Waals surface area contributed by atoms with Crippen LogP contribution in [0.3, 0.4) is 0 Å². The number of pyridine rings is 2. The van der Waals surface area contributed by atoms with Gasteiger partial charge in [-0.3, -0.25) is 9.97 Å². The summed E-state index contributed by atoms with van der Waals surface area (Å²) in [7, 11) is 4.01. The Morgan fingerprint density at radius 1 is 1.19 bits per heavy atom. The molecule has 3 aromatic rings. The van der Waals surface area contributed by atoms with E-state index in [2.05, 4.69) is 39.1 Å². The minimum absolute atomic E-state index is 0.356. The van der Waals surface area contributed by atoms with Crippen LogP contribution < -0.4 is 0 Å². The maximum Gasteiger partial charge on any atom is 0.242 e. The van der Waals surface area contributed by atoms with Gasteiger partial charge in [0.1, 0.15) is 5.69 Å². The Labute approximate surface area is 190 Å². The third-order valence-corrected chi connectivity index (χ3v) is 4.30.